The van der Waals surface area contributed by atoms with Crippen LogP contribution in [0.25, 0.3) is 0 Å². The average Bonchev–Trinajstić information content (AvgIpc) is 2.42. The summed E-state index contributed by atoms with van der Waals surface area (Å²) in [4.78, 5) is 11.1. The Hall–Kier alpha value is -2.01. The molecule has 1 unspecified atom stereocenters. The number of aliphatic hydroxyl groups excluding tert-OH is 1. The number of anilines is 2. The molecule has 0 radical (unpaired) electrons. The highest BCUT2D eigenvalue weighted by Crippen LogP contribution is 2.12. The SMILES string of the molecule is C=C(C)C(=O)OCC(O)CNc1ccc(NC)cc1. The van der Waals surface area contributed by atoms with Crippen LogP contribution >= 0.6 is 0 Å². The molecule has 19 heavy (non-hydrogen) atoms. The summed E-state index contributed by atoms with van der Waals surface area (Å²) in [7, 11) is 1.85. The molecule has 0 amide bonds. The maximum absolute atomic E-state index is 11.1. The molecule has 104 valence electrons. The minimum absolute atomic E-state index is 0.0483. The topological polar surface area (TPSA) is 70.6 Å². The molecule has 1 atom stereocenters. The molecular formula is C14H20N2O3. The Bertz CT molecular complexity index is 429. The second-order valence-corrected chi connectivity index (χ2v) is 4.24. The predicted molar refractivity (Wildman–Crippen MR) is 76.3 cm³/mol. The van der Waals surface area contributed by atoms with Crippen LogP contribution in [0.2, 0.25) is 0 Å². The molecule has 1 aromatic rings. The molecule has 5 nitrogen and oxygen atoms in total. The molecule has 3 N–H and O–H groups in total. The van der Waals surface area contributed by atoms with E-state index in [9.17, 15) is 9.90 Å². The maximum Gasteiger partial charge on any atom is 0.333 e. The largest absolute Gasteiger partial charge is 0.460 e. The summed E-state index contributed by atoms with van der Waals surface area (Å²) in [5.74, 6) is -0.488. The summed E-state index contributed by atoms with van der Waals surface area (Å²) >= 11 is 0. The van der Waals surface area contributed by atoms with E-state index >= 15 is 0 Å². The van der Waals surface area contributed by atoms with Gasteiger partial charge < -0.3 is 20.5 Å². The van der Waals surface area contributed by atoms with Crippen LogP contribution in [-0.4, -0.2) is 37.4 Å². The molecule has 0 heterocycles. The fourth-order valence-corrected chi connectivity index (χ4v) is 1.34. The minimum atomic E-state index is -0.757. The standard InChI is InChI=1S/C14H20N2O3/c1-10(2)14(18)19-9-13(17)8-16-12-6-4-11(15-3)5-7-12/h4-7,13,15-17H,1,8-9H2,2-3H3. The number of hydrogen-bond donors (Lipinski definition) is 3. The number of esters is 1. The van der Waals surface area contributed by atoms with Gasteiger partial charge in [0.05, 0.1) is 0 Å². The quantitative estimate of drug-likeness (QED) is 0.515. The Morgan fingerprint density at radius 1 is 1.37 bits per heavy atom. The van der Waals surface area contributed by atoms with Gasteiger partial charge in [0, 0.05) is 30.5 Å². The first-order chi connectivity index (χ1) is 9.02. The van der Waals surface area contributed by atoms with Gasteiger partial charge in [-0.3, -0.25) is 0 Å². The number of nitrogens with one attached hydrogen (secondary N) is 2. The Morgan fingerprint density at radius 2 is 1.95 bits per heavy atom. The van der Waals surface area contributed by atoms with Crippen molar-refractivity contribution >= 4 is 17.3 Å². The summed E-state index contributed by atoms with van der Waals surface area (Å²) < 4.78 is 4.85. The maximum atomic E-state index is 11.1. The molecule has 0 spiro atoms. The van der Waals surface area contributed by atoms with Gasteiger partial charge in [-0.25, -0.2) is 4.79 Å². The monoisotopic (exact) mass is 264 g/mol. The summed E-state index contributed by atoms with van der Waals surface area (Å²) in [5.41, 5.74) is 2.23. The highest BCUT2D eigenvalue weighted by molar-refractivity contribution is 5.86. The minimum Gasteiger partial charge on any atom is -0.460 e. The number of benzene rings is 1. The second-order valence-electron chi connectivity index (χ2n) is 4.24. The number of aliphatic hydroxyl groups is 1. The van der Waals surface area contributed by atoms with Crippen molar-refractivity contribution in [2.75, 3.05) is 30.8 Å². The highest BCUT2D eigenvalue weighted by Gasteiger charge is 2.09. The van der Waals surface area contributed by atoms with Crippen molar-refractivity contribution < 1.29 is 14.6 Å². The molecule has 0 fully saturated rings. The first-order valence-electron chi connectivity index (χ1n) is 6.05. The van der Waals surface area contributed by atoms with Gasteiger partial charge in [0.1, 0.15) is 12.7 Å². The molecule has 1 rings (SSSR count). The second kappa shape index (κ2) is 7.43. The van der Waals surface area contributed by atoms with E-state index < -0.39 is 12.1 Å². The molecule has 0 aliphatic heterocycles. The molecule has 0 aromatic heterocycles. The van der Waals surface area contributed by atoms with Gasteiger partial charge in [0.15, 0.2) is 0 Å². The van der Waals surface area contributed by atoms with Crippen LogP contribution in [0.4, 0.5) is 11.4 Å². The molecular weight excluding hydrogens is 244 g/mol. The predicted octanol–water partition coefficient (Wildman–Crippen LogP) is 1.62. The molecule has 1 aromatic carbocycles. The zero-order valence-electron chi connectivity index (χ0n) is 11.3. The van der Waals surface area contributed by atoms with E-state index in [1.54, 1.807) is 6.92 Å². The lowest BCUT2D eigenvalue weighted by atomic mass is 10.2. The van der Waals surface area contributed by atoms with Crippen LogP contribution in [0.1, 0.15) is 6.92 Å². The zero-order valence-corrected chi connectivity index (χ0v) is 11.3. The van der Waals surface area contributed by atoms with Crippen LogP contribution in [0, 0.1) is 0 Å². The van der Waals surface area contributed by atoms with Crippen molar-refractivity contribution in [3.8, 4) is 0 Å². The summed E-state index contributed by atoms with van der Waals surface area (Å²) in [6.45, 7) is 5.29. The van der Waals surface area contributed by atoms with Gasteiger partial charge in [-0.05, 0) is 31.2 Å². The Morgan fingerprint density at radius 3 is 2.47 bits per heavy atom. The number of hydrogen-bond acceptors (Lipinski definition) is 5. The third-order valence-electron chi connectivity index (χ3n) is 2.47. The van der Waals surface area contributed by atoms with Crippen LogP contribution < -0.4 is 10.6 Å². The van der Waals surface area contributed by atoms with Gasteiger partial charge in [-0.1, -0.05) is 6.58 Å². The fourth-order valence-electron chi connectivity index (χ4n) is 1.34. The van der Waals surface area contributed by atoms with Crippen molar-refractivity contribution in [3.05, 3.63) is 36.4 Å². The summed E-state index contributed by atoms with van der Waals surface area (Å²) in [6.07, 6.45) is -0.757. The number of carbonyl (C=O) groups excluding carboxylic acids is 1. The van der Waals surface area contributed by atoms with Crippen molar-refractivity contribution in [1.82, 2.24) is 0 Å². The van der Waals surface area contributed by atoms with E-state index in [1.165, 1.54) is 0 Å². The lowest BCUT2D eigenvalue weighted by Crippen LogP contribution is -2.26. The van der Waals surface area contributed by atoms with Crippen LogP contribution in [-0.2, 0) is 9.53 Å². The lowest BCUT2D eigenvalue weighted by Gasteiger charge is -2.13. The fraction of sp³-hybridized carbons (Fsp3) is 0.357. The van der Waals surface area contributed by atoms with Crippen LogP contribution in [0.3, 0.4) is 0 Å². The van der Waals surface area contributed by atoms with Crippen molar-refractivity contribution in [2.24, 2.45) is 0 Å². The summed E-state index contributed by atoms with van der Waals surface area (Å²) in [5, 5.41) is 15.7. The third-order valence-corrected chi connectivity index (χ3v) is 2.47. The molecule has 0 aliphatic carbocycles. The van der Waals surface area contributed by atoms with Crippen LogP contribution in [0.15, 0.2) is 36.4 Å². The van der Waals surface area contributed by atoms with Crippen molar-refractivity contribution in [3.63, 3.8) is 0 Å². The highest BCUT2D eigenvalue weighted by atomic mass is 16.5. The average molecular weight is 264 g/mol. The molecule has 0 saturated heterocycles. The van der Waals surface area contributed by atoms with Gasteiger partial charge >= 0.3 is 5.97 Å². The molecule has 0 bridgehead atoms. The first-order valence-corrected chi connectivity index (χ1v) is 6.05. The smallest absolute Gasteiger partial charge is 0.333 e. The Balaban J connectivity index is 2.31. The molecule has 5 heteroatoms. The Kier molecular flexibility index (Phi) is 5.89. The Labute approximate surface area is 113 Å². The lowest BCUT2D eigenvalue weighted by molar-refractivity contribution is -0.141. The van der Waals surface area contributed by atoms with Gasteiger partial charge in [0.25, 0.3) is 0 Å². The molecule has 0 saturated carbocycles. The van der Waals surface area contributed by atoms with E-state index in [2.05, 4.69) is 17.2 Å². The van der Waals surface area contributed by atoms with Crippen LogP contribution in [0.5, 0.6) is 0 Å². The first kappa shape index (κ1) is 15.0. The summed E-state index contributed by atoms with van der Waals surface area (Å²) in [6, 6.07) is 7.66. The van der Waals surface area contributed by atoms with E-state index in [4.69, 9.17) is 4.74 Å². The number of rotatable bonds is 7. The van der Waals surface area contributed by atoms with Gasteiger partial charge in [0.2, 0.25) is 0 Å². The van der Waals surface area contributed by atoms with Crippen molar-refractivity contribution in [1.29, 1.82) is 0 Å². The number of carbonyl (C=O) groups is 1. The van der Waals surface area contributed by atoms with E-state index in [0.29, 0.717) is 12.1 Å². The van der Waals surface area contributed by atoms with E-state index in [0.717, 1.165) is 11.4 Å². The zero-order chi connectivity index (χ0) is 14.3. The molecule has 0 aliphatic rings. The number of ether oxygens (including phenoxy) is 1. The normalized spacial score (nSPS) is 11.5. The van der Waals surface area contributed by atoms with Gasteiger partial charge in [-0.15, -0.1) is 0 Å². The van der Waals surface area contributed by atoms with E-state index in [1.807, 2.05) is 31.3 Å². The van der Waals surface area contributed by atoms with Gasteiger partial charge in [-0.2, -0.15) is 0 Å². The third kappa shape index (κ3) is 5.44. The van der Waals surface area contributed by atoms with Crippen molar-refractivity contribution in [2.45, 2.75) is 13.0 Å². The van der Waals surface area contributed by atoms with E-state index in [-0.39, 0.29) is 6.61 Å².